The number of carboxylic acid groups (broad SMARTS) is 1. The summed E-state index contributed by atoms with van der Waals surface area (Å²) in [5.74, 6) is -1.06. The van der Waals surface area contributed by atoms with E-state index < -0.39 is 12.1 Å². The number of hydrogen-bond acceptors (Lipinski definition) is 6. The molecule has 3 N–H and O–H groups in total. The van der Waals surface area contributed by atoms with Crippen LogP contribution in [0.1, 0.15) is 16.1 Å². The molecule has 1 atom stereocenters. The van der Waals surface area contributed by atoms with Crippen LogP contribution < -0.4 is 5.56 Å². The summed E-state index contributed by atoms with van der Waals surface area (Å²) in [6.07, 6.45) is -0.774. The Kier molecular flexibility index (Phi) is 6.66. The maximum absolute atomic E-state index is 13.5. The fraction of sp³-hybridized carbons (Fsp3) is 0.333. The fourth-order valence-corrected chi connectivity index (χ4v) is 4.33. The van der Waals surface area contributed by atoms with Gasteiger partial charge in [0.2, 0.25) is 0 Å². The van der Waals surface area contributed by atoms with Gasteiger partial charge in [0, 0.05) is 55.7 Å². The molecule has 1 saturated heterocycles. The lowest BCUT2D eigenvalue weighted by Gasteiger charge is -2.36. The van der Waals surface area contributed by atoms with Crippen molar-refractivity contribution in [3.05, 3.63) is 76.2 Å². The van der Waals surface area contributed by atoms with E-state index in [0.29, 0.717) is 61.4 Å². The summed E-state index contributed by atoms with van der Waals surface area (Å²) in [6, 6.07) is 16.0. The van der Waals surface area contributed by atoms with Crippen molar-refractivity contribution in [2.24, 2.45) is 0 Å². The maximum Gasteiger partial charge on any atom is 0.338 e. The summed E-state index contributed by atoms with van der Waals surface area (Å²) in [7, 11) is 0. The van der Waals surface area contributed by atoms with E-state index in [4.69, 9.17) is 5.11 Å². The summed E-state index contributed by atoms with van der Waals surface area (Å²) in [6.45, 7) is 3.12. The van der Waals surface area contributed by atoms with Crippen LogP contribution in [0.2, 0.25) is 0 Å². The number of aliphatic hydroxyl groups is 2. The van der Waals surface area contributed by atoms with Gasteiger partial charge in [-0.2, -0.15) is 0 Å². The average molecular weight is 437 g/mol. The van der Waals surface area contributed by atoms with Gasteiger partial charge in [0.1, 0.15) is 0 Å². The van der Waals surface area contributed by atoms with E-state index in [1.807, 2.05) is 18.2 Å². The molecule has 0 spiro atoms. The summed E-state index contributed by atoms with van der Waals surface area (Å²) < 4.78 is 1.52. The highest BCUT2D eigenvalue weighted by Gasteiger charge is 2.26. The minimum absolute atomic E-state index is 0.141. The minimum Gasteiger partial charge on any atom is -0.478 e. The van der Waals surface area contributed by atoms with Crippen molar-refractivity contribution in [3.8, 4) is 5.69 Å². The molecule has 1 aliphatic rings. The van der Waals surface area contributed by atoms with Gasteiger partial charge in [-0.05, 0) is 18.2 Å². The highest BCUT2D eigenvalue weighted by molar-refractivity contribution is 6.04. The zero-order valence-electron chi connectivity index (χ0n) is 17.7. The molecule has 1 unspecified atom stereocenters. The van der Waals surface area contributed by atoms with E-state index in [-0.39, 0.29) is 17.7 Å². The van der Waals surface area contributed by atoms with Crippen LogP contribution in [0.3, 0.4) is 0 Å². The molecule has 0 aliphatic carbocycles. The Morgan fingerprint density at radius 1 is 0.906 bits per heavy atom. The number of carboxylic acids is 1. The number of piperazine rings is 1. The second-order valence-corrected chi connectivity index (χ2v) is 8.06. The zero-order chi connectivity index (χ0) is 22.7. The van der Waals surface area contributed by atoms with E-state index in [1.54, 1.807) is 36.4 Å². The number of nitrogens with zero attached hydrogens (tertiary/aromatic N) is 3. The number of pyridine rings is 1. The Morgan fingerprint density at radius 2 is 1.50 bits per heavy atom. The first-order chi connectivity index (χ1) is 15.5. The van der Waals surface area contributed by atoms with Crippen LogP contribution in [0.15, 0.2) is 59.4 Å². The number of aromatic nitrogens is 1. The summed E-state index contributed by atoms with van der Waals surface area (Å²) >= 11 is 0. The van der Waals surface area contributed by atoms with Crippen LogP contribution in [-0.4, -0.2) is 81.1 Å². The second kappa shape index (κ2) is 9.62. The van der Waals surface area contributed by atoms with Crippen molar-refractivity contribution in [1.29, 1.82) is 0 Å². The highest BCUT2D eigenvalue weighted by Crippen LogP contribution is 2.24. The number of rotatable bonds is 7. The average Bonchev–Trinajstić information content (AvgIpc) is 2.81. The SMILES string of the molecule is O=C(O)c1c(CN2CCN(CC(O)CO)CC2)n(-c2ccccc2)c(=O)c2ccccc12. The minimum atomic E-state index is -1.06. The smallest absolute Gasteiger partial charge is 0.338 e. The third kappa shape index (κ3) is 4.44. The Labute approximate surface area is 185 Å². The largest absolute Gasteiger partial charge is 0.478 e. The molecule has 8 heteroatoms. The number of aliphatic hydroxyl groups excluding tert-OH is 2. The molecule has 2 aromatic carbocycles. The molecule has 0 amide bonds. The van der Waals surface area contributed by atoms with Crippen molar-refractivity contribution >= 4 is 16.7 Å². The molecule has 1 fully saturated rings. The Morgan fingerprint density at radius 3 is 2.12 bits per heavy atom. The summed E-state index contributed by atoms with van der Waals surface area (Å²) in [5, 5.41) is 29.7. The van der Waals surface area contributed by atoms with E-state index >= 15 is 0 Å². The second-order valence-electron chi connectivity index (χ2n) is 8.06. The number of aromatic carboxylic acids is 1. The fourth-order valence-electron chi connectivity index (χ4n) is 4.33. The summed E-state index contributed by atoms with van der Waals surface area (Å²) in [4.78, 5) is 30.0. The topological polar surface area (TPSA) is 106 Å². The van der Waals surface area contributed by atoms with E-state index in [0.717, 1.165) is 0 Å². The third-order valence-corrected chi connectivity index (χ3v) is 5.93. The molecule has 168 valence electrons. The van der Waals surface area contributed by atoms with Crippen LogP contribution >= 0.6 is 0 Å². The number of β-amino-alcohol motifs (C(OH)–C–C–N with tert-alkyl or cyclic N) is 1. The van der Waals surface area contributed by atoms with E-state index in [2.05, 4.69) is 9.80 Å². The molecular weight excluding hydrogens is 410 g/mol. The Hall–Kier alpha value is -3.04. The Bertz CT molecular complexity index is 1150. The monoisotopic (exact) mass is 437 g/mol. The lowest BCUT2D eigenvalue weighted by atomic mass is 10.0. The van der Waals surface area contributed by atoms with Crippen LogP contribution in [0.4, 0.5) is 0 Å². The molecule has 32 heavy (non-hydrogen) atoms. The molecule has 0 radical (unpaired) electrons. The van der Waals surface area contributed by atoms with Gasteiger partial charge in [0.05, 0.1) is 24.0 Å². The van der Waals surface area contributed by atoms with Gasteiger partial charge in [-0.25, -0.2) is 4.79 Å². The van der Waals surface area contributed by atoms with Crippen molar-refractivity contribution in [2.75, 3.05) is 39.3 Å². The zero-order valence-corrected chi connectivity index (χ0v) is 17.7. The molecule has 4 rings (SSSR count). The van der Waals surface area contributed by atoms with Crippen molar-refractivity contribution in [1.82, 2.24) is 14.4 Å². The molecule has 3 aromatic rings. The first kappa shape index (κ1) is 22.2. The van der Waals surface area contributed by atoms with Gasteiger partial charge in [-0.3, -0.25) is 19.2 Å². The molecule has 2 heterocycles. The van der Waals surface area contributed by atoms with Crippen LogP contribution in [0.25, 0.3) is 16.5 Å². The van der Waals surface area contributed by atoms with Crippen molar-refractivity contribution in [2.45, 2.75) is 12.6 Å². The number of hydrogen-bond donors (Lipinski definition) is 3. The van der Waals surface area contributed by atoms with Crippen molar-refractivity contribution < 1.29 is 20.1 Å². The lowest BCUT2D eigenvalue weighted by molar-refractivity contribution is 0.0378. The third-order valence-electron chi connectivity index (χ3n) is 5.93. The normalized spacial score (nSPS) is 16.3. The molecule has 1 aliphatic heterocycles. The number of benzene rings is 2. The maximum atomic E-state index is 13.5. The highest BCUT2D eigenvalue weighted by atomic mass is 16.4. The van der Waals surface area contributed by atoms with E-state index in [1.165, 1.54) is 4.57 Å². The van der Waals surface area contributed by atoms with Gasteiger partial charge in [-0.15, -0.1) is 0 Å². The van der Waals surface area contributed by atoms with Gasteiger partial charge < -0.3 is 15.3 Å². The van der Waals surface area contributed by atoms with Gasteiger partial charge >= 0.3 is 5.97 Å². The van der Waals surface area contributed by atoms with E-state index in [9.17, 15) is 19.8 Å². The van der Waals surface area contributed by atoms with Crippen LogP contribution in [0, 0.1) is 0 Å². The number of para-hydroxylation sites is 1. The molecule has 8 nitrogen and oxygen atoms in total. The van der Waals surface area contributed by atoms with Crippen LogP contribution in [0.5, 0.6) is 0 Å². The molecular formula is C24H27N3O5. The molecule has 0 bridgehead atoms. The number of carbonyl (C=O) groups is 1. The molecule has 0 saturated carbocycles. The molecule has 1 aromatic heterocycles. The van der Waals surface area contributed by atoms with Gasteiger partial charge in [0.15, 0.2) is 0 Å². The first-order valence-corrected chi connectivity index (χ1v) is 10.7. The van der Waals surface area contributed by atoms with Crippen LogP contribution in [-0.2, 0) is 6.54 Å². The van der Waals surface area contributed by atoms with Crippen molar-refractivity contribution in [3.63, 3.8) is 0 Å². The van der Waals surface area contributed by atoms with Gasteiger partial charge in [-0.1, -0.05) is 36.4 Å². The predicted molar refractivity (Wildman–Crippen MR) is 121 cm³/mol. The standard InChI is InChI=1S/C24H27N3O5/c28-16-18(29)14-25-10-12-26(13-11-25)15-21-22(24(31)32)19-8-4-5-9-20(19)23(30)27(21)17-6-2-1-3-7-17/h1-9,18,28-29H,10-16H2,(H,31,32). The first-order valence-electron chi connectivity index (χ1n) is 10.7. The lowest BCUT2D eigenvalue weighted by Crippen LogP contribution is -2.49. The number of fused-ring (bicyclic) bond motifs is 1. The Balaban J connectivity index is 1.76. The van der Waals surface area contributed by atoms with Gasteiger partial charge in [0.25, 0.3) is 5.56 Å². The predicted octanol–water partition coefficient (Wildman–Crippen LogP) is 1.16. The summed E-state index contributed by atoms with van der Waals surface area (Å²) in [5.41, 5.74) is 0.986. The quantitative estimate of drug-likeness (QED) is 0.509.